The van der Waals surface area contributed by atoms with Crippen molar-refractivity contribution in [3.05, 3.63) is 0 Å². The first-order chi connectivity index (χ1) is 7.54. The molecule has 6 nitrogen and oxygen atoms in total. The topological polar surface area (TPSA) is 72.9 Å². The van der Waals surface area contributed by atoms with Crippen LogP contribution in [0.1, 0.15) is 6.92 Å². The molecule has 1 unspecified atom stereocenters. The van der Waals surface area contributed by atoms with Crippen molar-refractivity contribution in [3.8, 4) is 0 Å². The molecule has 1 rings (SSSR count). The Labute approximate surface area is 95.2 Å². The van der Waals surface area contributed by atoms with Crippen molar-refractivity contribution in [3.63, 3.8) is 0 Å². The largest absolute Gasteiger partial charge is 0.480 e. The van der Waals surface area contributed by atoms with Gasteiger partial charge in [0.15, 0.2) is 0 Å². The maximum atomic E-state index is 11.4. The Morgan fingerprint density at radius 2 is 1.88 bits per heavy atom. The summed E-state index contributed by atoms with van der Waals surface area (Å²) in [7, 11) is 1.62. The summed E-state index contributed by atoms with van der Waals surface area (Å²) in [4.78, 5) is 25.9. The van der Waals surface area contributed by atoms with E-state index in [0.29, 0.717) is 13.1 Å². The standard InChI is InChI=1S/C10H19N3O3/c1-8(10(16)11-2)13-5-3-12(4-6-13)7-9(14)15/h8H,3-7H2,1-2H3,(H,11,16)(H,14,15). The molecule has 92 valence electrons. The fourth-order valence-corrected chi connectivity index (χ4v) is 1.87. The number of nitrogens with one attached hydrogen (secondary N) is 1. The second kappa shape index (κ2) is 5.81. The van der Waals surface area contributed by atoms with Gasteiger partial charge in [-0.3, -0.25) is 19.4 Å². The lowest BCUT2D eigenvalue weighted by molar-refractivity contribution is -0.139. The molecule has 0 aromatic rings. The zero-order chi connectivity index (χ0) is 12.1. The number of hydrogen-bond donors (Lipinski definition) is 2. The minimum Gasteiger partial charge on any atom is -0.480 e. The van der Waals surface area contributed by atoms with E-state index < -0.39 is 5.97 Å². The van der Waals surface area contributed by atoms with Crippen molar-refractivity contribution in [2.24, 2.45) is 0 Å². The summed E-state index contributed by atoms with van der Waals surface area (Å²) in [5.41, 5.74) is 0. The number of hydrogen-bond acceptors (Lipinski definition) is 4. The first-order valence-electron chi connectivity index (χ1n) is 5.44. The molecule has 0 aliphatic carbocycles. The van der Waals surface area contributed by atoms with Crippen molar-refractivity contribution in [1.82, 2.24) is 15.1 Å². The average Bonchev–Trinajstić information content (AvgIpc) is 2.27. The second-order valence-corrected chi connectivity index (χ2v) is 4.00. The Bertz CT molecular complexity index is 262. The number of piperazine rings is 1. The highest BCUT2D eigenvalue weighted by molar-refractivity contribution is 5.80. The van der Waals surface area contributed by atoms with E-state index in [9.17, 15) is 9.59 Å². The molecule has 1 aliphatic heterocycles. The van der Waals surface area contributed by atoms with Crippen LogP contribution < -0.4 is 5.32 Å². The number of carboxylic acid groups (broad SMARTS) is 1. The van der Waals surface area contributed by atoms with Crippen LogP contribution in [0.4, 0.5) is 0 Å². The SMILES string of the molecule is CNC(=O)C(C)N1CCN(CC(=O)O)CC1. The Morgan fingerprint density at radius 3 is 2.31 bits per heavy atom. The summed E-state index contributed by atoms with van der Waals surface area (Å²) >= 11 is 0. The number of amides is 1. The molecule has 6 heteroatoms. The van der Waals surface area contributed by atoms with Gasteiger partial charge < -0.3 is 10.4 Å². The van der Waals surface area contributed by atoms with Crippen LogP contribution in [0.25, 0.3) is 0 Å². The van der Waals surface area contributed by atoms with Gasteiger partial charge in [-0.1, -0.05) is 0 Å². The molecule has 1 aliphatic rings. The lowest BCUT2D eigenvalue weighted by Gasteiger charge is -2.36. The van der Waals surface area contributed by atoms with E-state index in [0.717, 1.165) is 13.1 Å². The molecule has 1 heterocycles. The van der Waals surface area contributed by atoms with E-state index in [1.165, 1.54) is 0 Å². The lowest BCUT2D eigenvalue weighted by atomic mass is 10.2. The third kappa shape index (κ3) is 3.46. The summed E-state index contributed by atoms with van der Waals surface area (Å²) in [6.07, 6.45) is 0. The highest BCUT2D eigenvalue weighted by Crippen LogP contribution is 2.06. The Balaban J connectivity index is 2.36. The minimum absolute atomic E-state index is 0.00619. The van der Waals surface area contributed by atoms with E-state index in [2.05, 4.69) is 10.2 Å². The van der Waals surface area contributed by atoms with Crippen molar-refractivity contribution < 1.29 is 14.7 Å². The third-order valence-corrected chi connectivity index (χ3v) is 2.94. The first-order valence-corrected chi connectivity index (χ1v) is 5.44. The summed E-state index contributed by atoms with van der Waals surface area (Å²) in [6, 6.07) is -0.142. The van der Waals surface area contributed by atoms with Gasteiger partial charge in [-0.15, -0.1) is 0 Å². The van der Waals surface area contributed by atoms with E-state index in [4.69, 9.17) is 5.11 Å². The van der Waals surface area contributed by atoms with E-state index in [1.54, 1.807) is 7.05 Å². The predicted octanol–water partition coefficient (Wildman–Crippen LogP) is -1.18. The van der Waals surface area contributed by atoms with Gasteiger partial charge in [-0.25, -0.2) is 0 Å². The Hall–Kier alpha value is -1.14. The number of rotatable bonds is 4. The van der Waals surface area contributed by atoms with Gasteiger partial charge in [-0.05, 0) is 6.92 Å². The van der Waals surface area contributed by atoms with Crippen molar-refractivity contribution >= 4 is 11.9 Å². The molecule has 0 bridgehead atoms. The summed E-state index contributed by atoms with van der Waals surface area (Å²) in [5.74, 6) is -0.792. The van der Waals surface area contributed by atoms with Gasteiger partial charge in [0.25, 0.3) is 0 Å². The van der Waals surface area contributed by atoms with Crippen molar-refractivity contribution in [2.45, 2.75) is 13.0 Å². The van der Waals surface area contributed by atoms with Crippen molar-refractivity contribution in [2.75, 3.05) is 39.8 Å². The second-order valence-electron chi connectivity index (χ2n) is 4.00. The van der Waals surface area contributed by atoms with Crippen molar-refractivity contribution in [1.29, 1.82) is 0 Å². The molecular weight excluding hydrogens is 210 g/mol. The highest BCUT2D eigenvalue weighted by Gasteiger charge is 2.25. The van der Waals surface area contributed by atoms with E-state index in [1.807, 2.05) is 11.8 Å². The van der Waals surface area contributed by atoms with Gasteiger partial charge in [0.05, 0.1) is 12.6 Å². The van der Waals surface area contributed by atoms with Crippen LogP contribution in [-0.4, -0.2) is 72.6 Å². The van der Waals surface area contributed by atoms with Crippen LogP contribution in [0.2, 0.25) is 0 Å². The fraction of sp³-hybridized carbons (Fsp3) is 0.800. The van der Waals surface area contributed by atoms with E-state index >= 15 is 0 Å². The van der Waals surface area contributed by atoms with Gasteiger partial charge in [-0.2, -0.15) is 0 Å². The molecule has 1 atom stereocenters. The number of carbonyl (C=O) groups excluding carboxylic acids is 1. The van der Waals surface area contributed by atoms with Gasteiger partial charge in [0.1, 0.15) is 0 Å². The van der Waals surface area contributed by atoms with Gasteiger partial charge >= 0.3 is 5.97 Å². The number of carboxylic acids is 1. The zero-order valence-corrected chi connectivity index (χ0v) is 9.77. The van der Waals surface area contributed by atoms with E-state index in [-0.39, 0.29) is 18.5 Å². The normalized spacial score (nSPS) is 20.4. The van der Waals surface area contributed by atoms with Crippen LogP contribution in [0.15, 0.2) is 0 Å². The Morgan fingerprint density at radius 1 is 1.31 bits per heavy atom. The maximum absolute atomic E-state index is 11.4. The Kier molecular flexibility index (Phi) is 4.70. The molecule has 0 aromatic carbocycles. The molecule has 0 radical (unpaired) electrons. The molecule has 1 saturated heterocycles. The van der Waals surface area contributed by atoms with Crippen LogP contribution in [0.5, 0.6) is 0 Å². The number of aliphatic carboxylic acids is 1. The molecule has 2 N–H and O–H groups in total. The molecule has 1 fully saturated rings. The predicted molar refractivity (Wildman–Crippen MR) is 59.2 cm³/mol. The average molecular weight is 229 g/mol. The molecule has 16 heavy (non-hydrogen) atoms. The fourth-order valence-electron chi connectivity index (χ4n) is 1.87. The molecule has 0 aromatic heterocycles. The monoisotopic (exact) mass is 229 g/mol. The van der Waals surface area contributed by atoms with Gasteiger partial charge in [0.2, 0.25) is 5.91 Å². The third-order valence-electron chi connectivity index (χ3n) is 2.94. The molecule has 0 saturated carbocycles. The number of carbonyl (C=O) groups is 2. The van der Waals surface area contributed by atoms with Crippen LogP contribution >= 0.6 is 0 Å². The molecule has 0 spiro atoms. The molecular formula is C10H19N3O3. The van der Waals surface area contributed by atoms with Gasteiger partial charge in [0, 0.05) is 33.2 Å². The zero-order valence-electron chi connectivity index (χ0n) is 9.77. The van der Waals surface area contributed by atoms with Crippen LogP contribution in [0.3, 0.4) is 0 Å². The summed E-state index contributed by atoms with van der Waals surface area (Å²) < 4.78 is 0. The number of nitrogens with zero attached hydrogens (tertiary/aromatic N) is 2. The maximum Gasteiger partial charge on any atom is 0.317 e. The highest BCUT2D eigenvalue weighted by atomic mass is 16.4. The van der Waals surface area contributed by atoms with Crippen LogP contribution in [-0.2, 0) is 9.59 Å². The first kappa shape index (κ1) is 12.9. The minimum atomic E-state index is -0.798. The smallest absolute Gasteiger partial charge is 0.317 e. The lowest BCUT2D eigenvalue weighted by Crippen LogP contribution is -2.54. The number of likely N-dealkylation sites (N-methyl/N-ethyl adjacent to an activating group) is 1. The summed E-state index contributed by atoms with van der Waals surface area (Å²) in [6.45, 7) is 4.83. The molecule has 1 amide bonds. The quantitative estimate of drug-likeness (QED) is 0.635. The van der Waals surface area contributed by atoms with Crippen LogP contribution in [0, 0.1) is 0 Å². The summed E-state index contributed by atoms with van der Waals surface area (Å²) in [5, 5.41) is 11.3.